The molecule has 3 nitrogen and oxygen atoms in total. The van der Waals surface area contributed by atoms with E-state index in [1.807, 2.05) is 11.9 Å². The number of nitrogens with one attached hydrogen (secondary N) is 1. The van der Waals surface area contributed by atoms with Crippen molar-refractivity contribution in [3.05, 3.63) is 0 Å². The maximum absolute atomic E-state index is 10.9. The van der Waals surface area contributed by atoms with Gasteiger partial charge in [-0.3, -0.25) is 4.79 Å². The summed E-state index contributed by atoms with van der Waals surface area (Å²) in [5.41, 5.74) is 0. The fraction of sp³-hybridized carbons (Fsp3) is 0.889. The van der Waals surface area contributed by atoms with Crippen molar-refractivity contribution >= 4 is 5.91 Å². The number of rotatable bonds is 2. The molecule has 70 valence electrons. The van der Waals surface area contributed by atoms with Gasteiger partial charge in [0.15, 0.2) is 0 Å². The van der Waals surface area contributed by atoms with Crippen LogP contribution in [0.5, 0.6) is 0 Å². The molecule has 0 aromatic heterocycles. The average Bonchev–Trinajstić information content (AvgIpc) is 2.06. The summed E-state index contributed by atoms with van der Waals surface area (Å²) < 4.78 is 0. The van der Waals surface area contributed by atoms with Crippen LogP contribution in [0.25, 0.3) is 0 Å². The van der Waals surface area contributed by atoms with Crippen molar-refractivity contribution < 1.29 is 4.79 Å². The molecule has 0 aromatic carbocycles. The van der Waals surface area contributed by atoms with E-state index >= 15 is 0 Å². The van der Waals surface area contributed by atoms with Gasteiger partial charge in [0.05, 0.1) is 0 Å². The van der Waals surface area contributed by atoms with Crippen molar-refractivity contribution in [1.82, 2.24) is 10.2 Å². The van der Waals surface area contributed by atoms with E-state index in [1.54, 1.807) is 6.92 Å². The lowest BCUT2D eigenvalue weighted by Crippen LogP contribution is -2.36. The Bertz CT molecular complexity index is 153. The molecule has 1 heterocycles. The Kier molecular flexibility index (Phi) is 3.53. The van der Waals surface area contributed by atoms with Crippen LogP contribution in [0.1, 0.15) is 19.8 Å². The second-order valence-corrected chi connectivity index (χ2v) is 3.59. The summed E-state index contributed by atoms with van der Waals surface area (Å²) in [6.07, 6.45) is 2.41. The molecular weight excluding hydrogens is 152 g/mol. The fourth-order valence-electron chi connectivity index (χ4n) is 1.58. The Balaban J connectivity index is 2.24. The summed E-state index contributed by atoms with van der Waals surface area (Å²) in [7, 11) is 1.88. The van der Waals surface area contributed by atoms with Crippen molar-refractivity contribution in [2.24, 2.45) is 5.92 Å². The zero-order valence-corrected chi connectivity index (χ0v) is 7.97. The molecule has 0 aromatic rings. The van der Waals surface area contributed by atoms with Gasteiger partial charge in [0, 0.05) is 20.5 Å². The molecule has 1 N–H and O–H groups in total. The van der Waals surface area contributed by atoms with Crippen molar-refractivity contribution in [2.45, 2.75) is 19.8 Å². The van der Waals surface area contributed by atoms with Gasteiger partial charge in [-0.15, -0.1) is 0 Å². The third-order valence-corrected chi connectivity index (χ3v) is 2.53. The molecule has 3 heteroatoms. The number of hydrogen-bond acceptors (Lipinski definition) is 2. The van der Waals surface area contributed by atoms with E-state index in [1.165, 1.54) is 12.8 Å². The van der Waals surface area contributed by atoms with E-state index in [0.29, 0.717) is 5.92 Å². The van der Waals surface area contributed by atoms with Crippen molar-refractivity contribution in [3.8, 4) is 0 Å². The number of amides is 1. The van der Waals surface area contributed by atoms with Crippen LogP contribution in [0.15, 0.2) is 0 Å². The summed E-state index contributed by atoms with van der Waals surface area (Å²) in [6, 6.07) is 0. The van der Waals surface area contributed by atoms with E-state index in [2.05, 4.69) is 5.32 Å². The highest BCUT2D eigenvalue weighted by Crippen LogP contribution is 2.12. The molecule has 0 aliphatic carbocycles. The Labute approximate surface area is 74.1 Å². The summed E-state index contributed by atoms with van der Waals surface area (Å²) in [5.74, 6) is 0.883. The number of piperidine rings is 1. The summed E-state index contributed by atoms with van der Waals surface area (Å²) in [5, 5.41) is 3.31. The van der Waals surface area contributed by atoms with Crippen LogP contribution in [0, 0.1) is 5.92 Å². The molecule has 0 spiro atoms. The molecule has 1 aliphatic heterocycles. The SMILES string of the molecule is CC(=O)N(C)CC1CCNCC1. The molecule has 1 amide bonds. The standard InChI is InChI=1S/C9H18N2O/c1-8(12)11(2)7-9-3-5-10-6-4-9/h9-10H,3-7H2,1-2H3. The third kappa shape index (κ3) is 2.81. The quantitative estimate of drug-likeness (QED) is 0.653. The molecular formula is C9H18N2O. The molecule has 1 fully saturated rings. The minimum absolute atomic E-state index is 0.175. The number of carbonyl (C=O) groups is 1. The largest absolute Gasteiger partial charge is 0.346 e. The van der Waals surface area contributed by atoms with Gasteiger partial charge in [-0.25, -0.2) is 0 Å². The first kappa shape index (κ1) is 9.52. The van der Waals surface area contributed by atoms with Crippen molar-refractivity contribution in [1.29, 1.82) is 0 Å². The van der Waals surface area contributed by atoms with Gasteiger partial charge in [0.2, 0.25) is 5.91 Å². The maximum Gasteiger partial charge on any atom is 0.219 e. The lowest BCUT2D eigenvalue weighted by Gasteiger charge is -2.26. The molecule has 0 saturated carbocycles. The zero-order valence-electron chi connectivity index (χ0n) is 7.97. The van der Waals surface area contributed by atoms with Gasteiger partial charge in [0.1, 0.15) is 0 Å². The highest BCUT2D eigenvalue weighted by Gasteiger charge is 2.15. The minimum Gasteiger partial charge on any atom is -0.346 e. The van der Waals surface area contributed by atoms with Gasteiger partial charge in [0.25, 0.3) is 0 Å². The first-order valence-electron chi connectivity index (χ1n) is 4.62. The third-order valence-electron chi connectivity index (χ3n) is 2.53. The highest BCUT2D eigenvalue weighted by atomic mass is 16.2. The van der Waals surface area contributed by atoms with Gasteiger partial charge in [-0.1, -0.05) is 0 Å². The Morgan fingerprint density at radius 3 is 2.58 bits per heavy atom. The van der Waals surface area contributed by atoms with E-state index < -0.39 is 0 Å². The van der Waals surface area contributed by atoms with Crippen LogP contribution < -0.4 is 5.32 Å². The van der Waals surface area contributed by atoms with Crippen LogP contribution in [0.3, 0.4) is 0 Å². The first-order valence-corrected chi connectivity index (χ1v) is 4.62. The van der Waals surface area contributed by atoms with E-state index in [4.69, 9.17) is 0 Å². The summed E-state index contributed by atoms with van der Waals surface area (Å²) in [6.45, 7) is 4.77. The van der Waals surface area contributed by atoms with Crippen LogP contribution in [0.2, 0.25) is 0 Å². The Morgan fingerprint density at radius 2 is 2.08 bits per heavy atom. The first-order chi connectivity index (χ1) is 5.70. The van der Waals surface area contributed by atoms with E-state index in [0.717, 1.165) is 19.6 Å². The van der Waals surface area contributed by atoms with Crippen LogP contribution in [-0.2, 0) is 4.79 Å². The number of carbonyl (C=O) groups excluding carboxylic acids is 1. The molecule has 1 aliphatic rings. The topological polar surface area (TPSA) is 32.3 Å². The van der Waals surface area contributed by atoms with Gasteiger partial charge in [-0.05, 0) is 31.8 Å². The predicted octanol–water partition coefficient (Wildman–Crippen LogP) is 0.464. The van der Waals surface area contributed by atoms with Crippen LogP contribution in [-0.4, -0.2) is 37.5 Å². The maximum atomic E-state index is 10.9. The zero-order chi connectivity index (χ0) is 8.97. The second-order valence-electron chi connectivity index (χ2n) is 3.59. The van der Waals surface area contributed by atoms with Crippen molar-refractivity contribution in [2.75, 3.05) is 26.7 Å². The summed E-state index contributed by atoms with van der Waals surface area (Å²) in [4.78, 5) is 12.7. The molecule has 12 heavy (non-hydrogen) atoms. The van der Waals surface area contributed by atoms with E-state index in [-0.39, 0.29) is 5.91 Å². The Hall–Kier alpha value is -0.570. The van der Waals surface area contributed by atoms with Gasteiger partial charge >= 0.3 is 0 Å². The molecule has 0 unspecified atom stereocenters. The lowest BCUT2D eigenvalue weighted by atomic mass is 9.98. The molecule has 0 bridgehead atoms. The second kappa shape index (κ2) is 4.45. The lowest BCUT2D eigenvalue weighted by molar-refractivity contribution is -0.128. The normalized spacial score (nSPS) is 19.2. The highest BCUT2D eigenvalue weighted by molar-refractivity contribution is 5.72. The Morgan fingerprint density at radius 1 is 1.50 bits per heavy atom. The smallest absolute Gasteiger partial charge is 0.219 e. The molecule has 0 atom stereocenters. The molecule has 0 radical (unpaired) electrons. The monoisotopic (exact) mass is 170 g/mol. The minimum atomic E-state index is 0.175. The fourth-order valence-corrected chi connectivity index (χ4v) is 1.58. The number of nitrogens with zero attached hydrogens (tertiary/aromatic N) is 1. The van der Waals surface area contributed by atoms with E-state index in [9.17, 15) is 4.79 Å². The van der Waals surface area contributed by atoms with Gasteiger partial charge in [-0.2, -0.15) is 0 Å². The summed E-state index contributed by atoms with van der Waals surface area (Å²) >= 11 is 0. The van der Waals surface area contributed by atoms with Crippen LogP contribution >= 0.6 is 0 Å². The number of hydrogen-bond donors (Lipinski definition) is 1. The molecule has 1 saturated heterocycles. The van der Waals surface area contributed by atoms with Crippen LogP contribution in [0.4, 0.5) is 0 Å². The molecule has 1 rings (SSSR count). The van der Waals surface area contributed by atoms with Gasteiger partial charge < -0.3 is 10.2 Å². The van der Waals surface area contributed by atoms with Crippen molar-refractivity contribution in [3.63, 3.8) is 0 Å². The predicted molar refractivity (Wildman–Crippen MR) is 48.9 cm³/mol. The average molecular weight is 170 g/mol.